The van der Waals surface area contributed by atoms with Crippen LogP contribution >= 0.6 is 0 Å². The van der Waals surface area contributed by atoms with Gasteiger partial charge in [-0.25, -0.2) is 9.37 Å². The van der Waals surface area contributed by atoms with Crippen molar-refractivity contribution in [3.8, 4) is 5.69 Å². The normalized spacial score (nSPS) is 11.0. The Bertz CT molecular complexity index is 558. The topological polar surface area (TPSA) is 29.9 Å². The molecule has 2 aromatic rings. The Kier molecular flexibility index (Phi) is 3.36. The fraction of sp³-hybridized carbons (Fsp3) is 0.357. The average molecular weight is 247 g/mol. The summed E-state index contributed by atoms with van der Waals surface area (Å²) in [5.74, 6) is 0.542. The van der Waals surface area contributed by atoms with Crippen molar-refractivity contribution in [1.82, 2.24) is 9.55 Å². The maximum absolute atomic E-state index is 13.6. The monoisotopic (exact) mass is 247 g/mol. The Morgan fingerprint density at radius 3 is 2.61 bits per heavy atom. The molecule has 96 valence electrons. The number of aromatic nitrogens is 2. The van der Waals surface area contributed by atoms with Gasteiger partial charge < -0.3 is 5.32 Å². The van der Waals surface area contributed by atoms with Crippen LogP contribution in [-0.4, -0.2) is 15.6 Å². The van der Waals surface area contributed by atoms with Gasteiger partial charge in [-0.2, -0.15) is 0 Å². The molecule has 1 N–H and O–H groups in total. The van der Waals surface area contributed by atoms with Gasteiger partial charge in [0.25, 0.3) is 0 Å². The second kappa shape index (κ2) is 4.80. The fourth-order valence-corrected chi connectivity index (χ4v) is 1.79. The molecule has 1 aromatic carbocycles. The number of benzene rings is 1. The van der Waals surface area contributed by atoms with Crippen molar-refractivity contribution in [2.45, 2.75) is 33.7 Å². The van der Waals surface area contributed by atoms with Crippen LogP contribution in [0.15, 0.2) is 24.4 Å². The van der Waals surface area contributed by atoms with Crippen molar-refractivity contribution in [1.29, 1.82) is 0 Å². The van der Waals surface area contributed by atoms with Crippen molar-refractivity contribution >= 4 is 5.95 Å². The number of rotatable bonds is 3. The lowest BCUT2D eigenvalue weighted by atomic mass is 10.2. The number of halogens is 1. The van der Waals surface area contributed by atoms with E-state index in [9.17, 15) is 4.39 Å². The Hall–Kier alpha value is -1.84. The molecule has 0 aliphatic carbocycles. The Morgan fingerprint density at radius 1 is 1.28 bits per heavy atom. The van der Waals surface area contributed by atoms with E-state index in [4.69, 9.17) is 0 Å². The summed E-state index contributed by atoms with van der Waals surface area (Å²) in [6.07, 6.45) is 1.90. The number of imidazole rings is 1. The van der Waals surface area contributed by atoms with Gasteiger partial charge in [0, 0.05) is 12.2 Å². The third-order valence-corrected chi connectivity index (χ3v) is 2.68. The first-order valence-electron chi connectivity index (χ1n) is 6.06. The highest BCUT2D eigenvalue weighted by molar-refractivity contribution is 5.44. The van der Waals surface area contributed by atoms with Gasteiger partial charge in [0.1, 0.15) is 5.82 Å². The molecule has 1 aromatic heterocycles. The summed E-state index contributed by atoms with van der Waals surface area (Å²) in [7, 11) is 0. The summed E-state index contributed by atoms with van der Waals surface area (Å²) in [6.45, 7) is 7.77. The molecule has 0 aliphatic heterocycles. The zero-order chi connectivity index (χ0) is 13.3. The van der Waals surface area contributed by atoms with E-state index in [-0.39, 0.29) is 11.9 Å². The second-order valence-electron chi connectivity index (χ2n) is 4.81. The van der Waals surface area contributed by atoms with Gasteiger partial charge in [0.15, 0.2) is 0 Å². The highest BCUT2D eigenvalue weighted by Gasteiger charge is 2.09. The summed E-state index contributed by atoms with van der Waals surface area (Å²) in [5, 5.41) is 3.26. The number of nitrogens with one attached hydrogen (secondary N) is 1. The zero-order valence-electron chi connectivity index (χ0n) is 11.2. The highest BCUT2D eigenvalue weighted by atomic mass is 19.1. The van der Waals surface area contributed by atoms with Crippen molar-refractivity contribution in [3.63, 3.8) is 0 Å². The molecule has 4 heteroatoms. The number of nitrogens with zero attached hydrogens (tertiary/aromatic N) is 2. The summed E-state index contributed by atoms with van der Waals surface area (Å²) in [6, 6.07) is 5.48. The minimum atomic E-state index is -0.200. The van der Waals surface area contributed by atoms with Gasteiger partial charge in [-0.1, -0.05) is 6.07 Å². The van der Waals surface area contributed by atoms with Crippen LogP contribution in [0.5, 0.6) is 0 Å². The van der Waals surface area contributed by atoms with Crippen LogP contribution in [0.1, 0.15) is 25.1 Å². The van der Waals surface area contributed by atoms with Crippen LogP contribution < -0.4 is 5.32 Å². The fourth-order valence-electron chi connectivity index (χ4n) is 1.79. The molecule has 0 radical (unpaired) electrons. The number of hydrogen-bond acceptors (Lipinski definition) is 2. The molecule has 0 spiro atoms. The first-order valence-corrected chi connectivity index (χ1v) is 6.06. The van der Waals surface area contributed by atoms with Crippen LogP contribution in [-0.2, 0) is 0 Å². The molecule has 0 unspecified atom stereocenters. The number of aryl methyl sites for hydroxylation is 2. The lowest BCUT2D eigenvalue weighted by Gasteiger charge is -2.12. The van der Waals surface area contributed by atoms with Crippen molar-refractivity contribution in [2.75, 3.05) is 5.32 Å². The summed E-state index contributed by atoms with van der Waals surface area (Å²) < 4.78 is 15.5. The molecule has 0 saturated heterocycles. The van der Waals surface area contributed by atoms with E-state index in [0.29, 0.717) is 5.56 Å². The molecule has 3 nitrogen and oxygen atoms in total. The molecule has 0 atom stereocenters. The lowest BCUT2D eigenvalue weighted by molar-refractivity contribution is 0.617. The predicted octanol–water partition coefficient (Wildman–Crippen LogP) is 3.45. The third-order valence-electron chi connectivity index (χ3n) is 2.68. The van der Waals surface area contributed by atoms with Crippen LogP contribution in [0.4, 0.5) is 10.3 Å². The minimum Gasteiger partial charge on any atom is -0.353 e. The Morgan fingerprint density at radius 2 is 2.00 bits per heavy atom. The van der Waals surface area contributed by atoms with E-state index in [2.05, 4.69) is 10.3 Å². The smallest absolute Gasteiger partial charge is 0.207 e. The summed E-state index contributed by atoms with van der Waals surface area (Å²) >= 11 is 0. The van der Waals surface area contributed by atoms with E-state index in [1.165, 1.54) is 6.07 Å². The van der Waals surface area contributed by atoms with Gasteiger partial charge in [-0.15, -0.1) is 0 Å². The molecule has 0 saturated carbocycles. The van der Waals surface area contributed by atoms with Crippen molar-refractivity contribution in [3.05, 3.63) is 41.5 Å². The maximum atomic E-state index is 13.6. The van der Waals surface area contributed by atoms with E-state index in [1.807, 2.05) is 37.6 Å². The standard InChI is InChI=1S/C14H18FN3/c1-9(2)16-14-17-11(4)8-18(14)12-6-5-10(3)13(15)7-12/h5-9H,1-4H3,(H,16,17). The van der Waals surface area contributed by atoms with Crippen LogP contribution in [0.25, 0.3) is 5.69 Å². The van der Waals surface area contributed by atoms with E-state index < -0.39 is 0 Å². The first-order chi connectivity index (χ1) is 8.47. The second-order valence-corrected chi connectivity index (χ2v) is 4.81. The quantitative estimate of drug-likeness (QED) is 0.900. The van der Waals surface area contributed by atoms with Crippen LogP contribution in [0.2, 0.25) is 0 Å². The van der Waals surface area contributed by atoms with E-state index in [1.54, 1.807) is 13.0 Å². The van der Waals surface area contributed by atoms with Gasteiger partial charge in [0.05, 0.1) is 11.4 Å². The summed E-state index contributed by atoms with van der Waals surface area (Å²) in [4.78, 5) is 4.41. The Labute approximate surface area is 107 Å². The van der Waals surface area contributed by atoms with Gasteiger partial charge in [-0.05, 0) is 45.4 Å². The third kappa shape index (κ3) is 2.53. The molecule has 1 heterocycles. The van der Waals surface area contributed by atoms with Crippen LogP contribution in [0, 0.1) is 19.7 Å². The number of hydrogen-bond donors (Lipinski definition) is 1. The SMILES string of the molecule is Cc1cn(-c2ccc(C)c(F)c2)c(NC(C)C)n1. The molecule has 18 heavy (non-hydrogen) atoms. The van der Waals surface area contributed by atoms with Gasteiger partial charge in [0.2, 0.25) is 5.95 Å². The molecule has 0 fully saturated rings. The van der Waals surface area contributed by atoms with Gasteiger partial charge >= 0.3 is 0 Å². The lowest BCUT2D eigenvalue weighted by Crippen LogP contribution is -2.14. The Balaban J connectivity index is 2.45. The first kappa shape index (κ1) is 12.6. The average Bonchev–Trinajstić information content (AvgIpc) is 2.62. The van der Waals surface area contributed by atoms with Crippen molar-refractivity contribution < 1.29 is 4.39 Å². The summed E-state index contributed by atoms with van der Waals surface area (Å²) in [5.41, 5.74) is 2.33. The van der Waals surface area contributed by atoms with Crippen LogP contribution in [0.3, 0.4) is 0 Å². The molecule has 0 aliphatic rings. The highest BCUT2D eigenvalue weighted by Crippen LogP contribution is 2.19. The zero-order valence-corrected chi connectivity index (χ0v) is 11.2. The van der Waals surface area contributed by atoms with Crippen molar-refractivity contribution in [2.24, 2.45) is 0 Å². The maximum Gasteiger partial charge on any atom is 0.207 e. The predicted molar refractivity (Wildman–Crippen MR) is 71.8 cm³/mol. The molecule has 0 bridgehead atoms. The molecule has 0 amide bonds. The molecular formula is C14H18FN3. The van der Waals surface area contributed by atoms with Gasteiger partial charge in [-0.3, -0.25) is 4.57 Å². The molecular weight excluding hydrogens is 229 g/mol. The number of anilines is 1. The molecule has 2 rings (SSSR count). The largest absolute Gasteiger partial charge is 0.353 e. The van der Waals surface area contributed by atoms with E-state index >= 15 is 0 Å². The van der Waals surface area contributed by atoms with E-state index in [0.717, 1.165) is 17.3 Å². The minimum absolute atomic E-state index is 0.200.